The van der Waals surface area contributed by atoms with Gasteiger partial charge in [0.05, 0.1) is 22.1 Å². The van der Waals surface area contributed by atoms with Gasteiger partial charge in [0.2, 0.25) is 0 Å². The van der Waals surface area contributed by atoms with Crippen LogP contribution in [0.5, 0.6) is 0 Å². The molecular weight excluding hydrogens is 323 g/mol. The Labute approximate surface area is 136 Å². The van der Waals surface area contributed by atoms with Gasteiger partial charge in [-0.05, 0) is 30.3 Å². The molecule has 2 aromatic rings. The van der Waals surface area contributed by atoms with Crippen molar-refractivity contribution >= 4 is 28.9 Å². The van der Waals surface area contributed by atoms with Gasteiger partial charge in [0.15, 0.2) is 0 Å². The van der Waals surface area contributed by atoms with Crippen molar-refractivity contribution in [2.45, 2.75) is 0 Å². The fourth-order valence-electron chi connectivity index (χ4n) is 1.93. The van der Waals surface area contributed by atoms with Gasteiger partial charge in [0.25, 0.3) is 11.6 Å². The number of nitro benzene ring substituents is 1. The fourth-order valence-corrected chi connectivity index (χ4v) is 2.13. The first-order chi connectivity index (χ1) is 10.9. The van der Waals surface area contributed by atoms with E-state index in [0.29, 0.717) is 5.69 Å². The Hall–Kier alpha value is -2.91. The minimum Gasteiger partial charge on any atom is -0.297 e. The van der Waals surface area contributed by atoms with E-state index in [9.17, 15) is 19.3 Å². The van der Waals surface area contributed by atoms with Crippen molar-refractivity contribution in [2.24, 2.45) is 0 Å². The summed E-state index contributed by atoms with van der Waals surface area (Å²) in [7, 11) is 0. The smallest absolute Gasteiger partial charge is 0.270 e. The number of carbonyl (C=O) groups excluding carboxylic acids is 1. The van der Waals surface area contributed by atoms with Crippen LogP contribution in [0.25, 0.3) is 0 Å². The number of nitrogens with zero attached hydrogens (tertiary/aromatic N) is 2. The minimum absolute atomic E-state index is 0.0551. The maximum atomic E-state index is 13.0. The normalized spacial score (nSPS) is 9.96. The number of terminal acetylenes is 1. The van der Waals surface area contributed by atoms with Crippen molar-refractivity contribution < 1.29 is 14.1 Å². The van der Waals surface area contributed by atoms with Gasteiger partial charge in [0.1, 0.15) is 5.82 Å². The van der Waals surface area contributed by atoms with Gasteiger partial charge in [-0.25, -0.2) is 4.39 Å². The van der Waals surface area contributed by atoms with Gasteiger partial charge in [-0.2, -0.15) is 0 Å². The number of amides is 1. The number of hydrogen-bond acceptors (Lipinski definition) is 3. The lowest BCUT2D eigenvalue weighted by atomic mass is 10.1. The molecule has 2 aromatic carbocycles. The molecule has 0 aliphatic carbocycles. The summed E-state index contributed by atoms with van der Waals surface area (Å²) in [6, 6.07) is 8.68. The molecule has 7 heteroatoms. The second-order valence-electron chi connectivity index (χ2n) is 4.49. The third-order valence-corrected chi connectivity index (χ3v) is 3.35. The van der Waals surface area contributed by atoms with Gasteiger partial charge in [-0.15, -0.1) is 6.42 Å². The zero-order chi connectivity index (χ0) is 17.0. The van der Waals surface area contributed by atoms with Gasteiger partial charge in [0, 0.05) is 17.8 Å². The van der Waals surface area contributed by atoms with E-state index in [4.69, 9.17) is 18.0 Å². The Balaban J connectivity index is 2.46. The molecule has 0 heterocycles. The summed E-state index contributed by atoms with van der Waals surface area (Å²) in [6.45, 7) is -0.0938. The third-order valence-electron chi connectivity index (χ3n) is 3.02. The summed E-state index contributed by atoms with van der Waals surface area (Å²) in [4.78, 5) is 24.1. The molecule has 2 rings (SSSR count). The van der Waals surface area contributed by atoms with Crippen LogP contribution < -0.4 is 4.90 Å². The average molecular weight is 333 g/mol. The number of carbonyl (C=O) groups is 1. The molecule has 23 heavy (non-hydrogen) atoms. The molecule has 0 bridgehead atoms. The first-order valence-electron chi connectivity index (χ1n) is 6.39. The summed E-state index contributed by atoms with van der Waals surface area (Å²) in [5.41, 5.74) is 0.0369. The van der Waals surface area contributed by atoms with E-state index in [1.54, 1.807) is 0 Å². The number of anilines is 1. The molecule has 0 saturated heterocycles. The highest BCUT2D eigenvalue weighted by Gasteiger charge is 2.22. The number of rotatable bonds is 4. The summed E-state index contributed by atoms with van der Waals surface area (Å²) in [5.74, 6) is 1.25. The molecule has 0 aliphatic heterocycles. The van der Waals surface area contributed by atoms with Gasteiger partial charge in [-0.1, -0.05) is 17.5 Å². The van der Waals surface area contributed by atoms with Crippen molar-refractivity contribution in [3.05, 3.63) is 69.0 Å². The lowest BCUT2D eigenvalue weighted by Gasteiger charge is -2.21. The van der Waals surface area contributed by atoms with E-state index in [1.165, 1.54) is 41.3 Å². The number of benzene rings is 2. The molecule has 0 spiro atoms. The van der Waals surface area contributed by atoms with Crippen molar-refractivity contribution in [1.29, 1.82) is 0 Å². The molecule has 0 atom stereocenters. The quantitative estimate of drug-likeness (QED) is 0.487. The standard InChI is InChI=1S/C16H10ClFN2O3/c1-2-9-19(12-5-3-11(18)4-6-12)16(21)14-10-13(20(22)23)7-8-15(14)17/h1,3-8,10H,9H2. The second-order valence-corrected chi connectivity index (χ2v) is 4.90. The number of hydrogen-bond donors (Lipinski definition) is 0. The highest BCUT2D eigenvalue weighted by atomic mass is 35.5. The van der Waals surface area contributed by atoms with Gasteiger partial charge < -0.3 is 0 Å². The summed E-state index contributed by atoms with van der Waals surface area (Å²) >= 11 is 5.97. The minimum atomic E-state index is -0.628. The molecule has 0 N–H and O–H groups in total. The molecule has 0 unspecified atom stereocenters. The first-order valence-corrected chi connectivity index (χ1v) is 6.76. The number of non-ortho nitro benzene ring substituents is 1. The lowest BCUT2D eigenvalue weighted by molar-refractivity contribution is -0.384. The number of nitro groups is 1. The Bertz CT molecular complexity index is 800. The fraction of sp³-hybridized carbons (Fsp3) is 0.0625. The van der Waals surface area contributed by atoms with E-state index in [-0.39, 0.29) is 22.8 Å². The molecule has 116 valence electrons. The van der Waals surface area contributed by atoms with Crippen LogP contribution in [-0.2, 0) is 0 Å². The van der Waals surface area contributed by atoms with E-state index < -0.39 is 16.6 Å². The summed E-state index contributed by atoms with van der Waals surface area (Å²) < 4.78 is 13.0. The maximum absolute atomic E-state index is 13.0. The van der Waals surface area contributed by atoms with E-state index in [2.05, 4.69) is 5.92 Å². The van der Waals surface area contributed by atoms with E-state index >= 15 is 0 Å². The molecular formula is C16H10ClFN2O3. The van der Waals surface area contributed by atoms with Crippen molar-refractivity contribution in [3.63, 3.8) is 0 Å². The first kappa shape index (κ1) is 16.5. The zero-order valence-corrected chi connectivity index (χ0v) is 12.5. The summed E-state index contributed by atoms with van der Waals surface area (Å²) in [6.07, 6.45) is 5.27. The Morgan fingerprint density at radius 3 is 2.52 bits per heavy atom. The van der Waals surface area contributed by atoms with Crippen molar-refractivity contribution in [1.82, 2.24) is 0 Å². The lowest BCUT2D eigenvalue weighted by Crippen LogP contribution is -2.31. The predicted molar refractivity (Wildman–Crippen MR) is 85.0 cm³/mol. The van der Waals surface area contributed by atoms with E-state index in [1.807, 2.05) is 0 Å². The Morgan fingerprint density at radius 1 is 1.30 bits per heavy atom. The second kappa shape index (κ2) is 6.90. The monoisotopic (exact) mass is 332 g/mol. The highest BCUT2D eigenvalue weighted by molar-refractivity contribution is 6.34. The van der Waals surface area contributed by atoms with Crippen LogP contribution in [-0.4, -0.2) is 17.4 Å². The molecule has 0 aliphatic rings. The molecule has 0 radical (unpaired) electrons. The highest BCUT2D eigenvalue weighted by Crippen LogP contribution is 2.25. The van der Waals surface area contributed by atoms with Gasteiger partial charge in [-0.3, -0.25) is 19.8 Å². The Kier molecular flexibility index (Phi) is 4.94. The van der Waals surface area contributed by atoms with Crippen molar-refractivity contribution in [3.8, 4) is 12.3 Å². The molecule has 0 aromatic heterocycles. The summed E-state index contributed by atoms with van der Waals surface area (Å²) in [5, 5.41) is 10.9. The van der Waals surface area contributed by atoms with Crippen molar-refractivity contribution in [2.75, 3.05) is 11.4 Å². The topological polar surface area (TPSA) is 63.5 Å². The maximum Gasteiger partial charge on any atom is 0.270 e. The van der Waals surface area contributed by atoms with Crippen LogP contribution >= 0.6 is 11.6 Å². The third kappa shape index (κ3) is 3.65. The molecule has 1 amide bonds. The van der Waals surface area contributed by atoms with Crippen LogP contribution in [0, 0.1) is 28.3 Å². The van der Waals surface area contributed by atoms with Gasteiger partial charge >= 0.3 is 0 Å². The van der Waals surface area contributed by atoms with Crippen LogP contribution in [0.3, 0.4) is 0 Å². The molecule has 0 saturated carbocycles. The van der Waals surface area contributed by atoms with Crippen LogP contribution in [0.15, 0.2) is 42.5 Å². The van der Waals surface area contributed by atoms with Crippen LogP contribution in [0.4, 0.5) is 15.8 Å². The predicted octanol–water partition coefficient (Wildman–Crippen LogP) is 3.67. The van der Waals surface area contributed by atoms with E-state index in [0.717, 1.165) is 6.07 Å². The average Bonchev–Trinajstić information content (AvgIpc) is 2.53. The largest absolute Gasteiger partial charge is 0.297 e. The van der Waals surface area contributed by atoms with Crippen LogP contribution in [0.2, 0.25) is 5.02 Å². The van der Waals surface area contributed by atoms with Crippen LogP contribution in [0.1, 0.15) is 10.4 Å². The molecule has 0 fully saturated rings. The zero-order valence-electron chi connectivity index (χ0n) is 11.7. The molecule has 5 nitrogen and oxygen atoms in total. The number of halogens is 2. The SMILES string of the molecule is C#CCN(C(=O)c1cc([N+](=O)[O-])ccc1Cl)c1ccc(F)cc1. The Morgan fingerprint density at radius 2 is 1.96 bits per heavy atom.